The van der Waals surface area contributed by atoms with Crippen molar-refractivity contribution in [3.63, 3.8) is 0 Å². The molecule has 0 aromatic heterocycles. The lowest BCUT2D eigenvalue weighted by Gasteiger charge is -2.08. The minimum atomic E-state index is -0.417. The van der Waals surface area contributed by atoms with Crippen molar-refractivity contribution in [2.75, 3.05) is 12.4 Å². The zero-order valence-electron chi connectivity index (χ0n) is 15.9. The maximum atomic E-state index is 12.3. The van der Waals surface area contributed by atoms with Crippen molar-refractivity contribution in [3.05, 3.63) is 93.5 Å². The molecule has 2 amide bonds. The molecule has 0 aliphatic rings. The Balaban J connectivity index is 1.63. The minimum absolute atomic E-state index is 0.230. The van der Waals surface area contributed by atoms with E-state index in [1.165, 1.54) is 13.3 Å². The molecule has 0 atom stereocenters. The molecular formula is C22H17Cl2N3O3. The van der Waals surface area contributed by atoms with Crippen LogP contribution >= 0.6 is 23.2 Å². The van der Waals surface area contributed by atoms with Crippen molar-refractivity contribution in [2.45, 2.75) is 0 Å². The Kier molecular flexibility index (Phi) is 7.06. The number of ether oxygens (including phenoxy) is 1. The van der Waals surface area contributed by atoms with E-state index >= 15 is 0 Å². The molecule has 0 spiro atoms. The van der Waals surface area contributed by atoms with Gasteiger partial charge < -0.3 is 10.1 Å². The number of hydrogen-bond acceptors (Lipinski definition) is 4. The lowest BCUT2D eigenvalue weighted by atomic mass is 10.1. The summed E-state index contributed by atoms with van der Waals surface area (Å²) in [7, 11) is 1.48. The smallest absolute Gasteiger partial charge is 0.271 e. The highest BCUT2D eigenvalue weighted by Crippen LogP contribution is 2.31. The van der Waals surface area contributed by atoms with Crippen LogP contribution < -0.4 is 15.5 Å². The summed E-state index contributed by atoms with van der Waals surface area (Å²) < 4.78 is 5.22. The Labute approximate surface area is 183 Å². The van der Waals surface area contributed by atoms with E-state index in [2.05, 4.69) is 15.8 Å². The molecule has 0 saturated carbocycles. The second-order valence-electron chi connectivity index (χ2n) is 6.11. The molecule has 3 aromatic rings. The number of nitrogens with one attached hydrogen (secondary N) is 2. The summed E-state index contributed by atoms with van der Waals surface area (Å²) >= 11 is 12.1. The Bertz CT molecular complexity index is 1080. The van der Waals surface area contributed by atoms with Gasteiger partial charge >= 0.3 is 0 Å². The van der Waals surface area contributed by atoms with E-state index in [1.54, 1.807) is 60.7 Å². The van der Waals surface area contributed by atoms with Gasteiger partial charge in [-0.3, -0.25) is 9.59 Å². The van der Waals surface area contributed by atoms with E-state index in [-0.39, 0.29) is 5.91 Å². The maximum absolute atomic E-state index is 12.3. The van der Waals surface area contributed by atoms with Gasteiger partial charge in [0.05, 0.1) is 18.3 Å². The van der Waals surface area contributed by atoms with Crippen molar-refractivity contribution in [1.29, 1.82) is 0 Å². The molecule has 6 nitrogen and oxygen atoms in total. The number of rotatable bonds is 6. The number of carbonyl (C=O) groups excluding carboxylic acids is 2. The Morgan fingerprint density at radius 2 is 1.60 bits per heavy atom. The van der Waals surface area contributed by atoms with Crippen LogP contribution in [0.4, 0.5) is 5.69 Å². The molecule has 0 unspecified atom stereocenters. The van der Waals surface area contributed by atoms with Crippen molar-refractivity contribution >= 4 is 46.9 Å². The molecule has 0 heterocycles. The van der Waals surface area contributed by atoms with Gasteiger partial charge in [0, 0.05) is 27.4 Å². The number of carbonyl (C=O) groups is 2. The third-order valence-corrected chi connectivity index (χ3v) is 4.55. The first kappa shape index (κ1) is 21.4. The molecule has 30 heavy (non-hydrogen) atoms. The molecule has 0 aliphatic carbocycles. The van der Waals surface area contributed by atoms with Gasteiger partial charge in [-0.15, -0.1) is 0 Å². The molecule has 3 rings (SSSR count). The molecule has 0 saturated heterocycles. The fourth-order valence-corrected chi connectivity index (χ4v) is 3.20. The summed E-state index contributed by atoms with van der Waals surface area (Å²) in [5, 5.41) is 7.46. The maximum Gasteiger partial charge on any atom is 0.271 e. The van der Waals surface area contributed by atoms with Gasteiger partial charge in [-0.2, -0.15) is 5.10 Å². The summed E-state index contributed by atoms with van der Waals surface area (Å²) in [6.45, 7) is 0. The molecule has 8 heteroatoms. The molecule has 152 valence electrons. The zero-order valence-corrected chi connectivity index (χ0v) is 17.4. The number of hydrogen-bond donors (Lipinski definition) is 2. The highest BCUT2D eigenvalue weighted by molar-refractivity contribution is 6.36. The third kappa shape index (κ3) is 5.37. The minimum Gasteiger partial charge on any atom is -0.495 e. The zero-order chi connectivity index (χ0) is 21.5. The van der Waals surface area contributed by atoms with Crippen LogP contribution in [0.1, 0.15) is 26.3 Å². The van der Waals surface area contributed by atoms with E-state index in [1.807, 2.05) is 6.07 Å². The Morgan fingerprint density at radius 1 is 0.933 bits per heavy atom. The molecule has 0 aliphatic heterocycles. The van der Waals surface area contributed by atoms with E-state index in [9.17, 15) is 9.59 Å². The van der Waals surface area contributed by atoms with Gasteiger partial charge in [0.1, 0.15) is 5.75 Å². The van der Waals surface area contributed by atoms with Crippen LogP contribution in [-0.2, 0) is 0 Å². The first-order chi connectivity index (χ1) is 14.5. The largest absolute Gasteiger partial charge is 0.495 e. The second-order valence-corrected chi connectivity index (χ2v) is 6.95. The van der Waals surface area contributed by atoms with Gasteiger partial charge in [0.15, 0.2) is 0 Å². The summed E-state index contributed by atoms with van der Waals surface area (Å²) in [5.41, 5.74) is 4.44. The molecule has 0 fully saturated rings. The number of amides is 2. The van der Waals surface area contributed by atoms with Crippen molar-refractivity contribution in [2.24, 2.45) is 5.10 Å². The summed E-state index contributed by atoms with van der Waals surface area (Å²) in [5.74, 6) is -0.247. The highest BCUT2D eigenvalue weighted by Gasteiger charge is 2.10. The van der Waals surface area contributed by atoms with Crippen LogP contribution in [0.15, 0.2) is 71.8 Å². The van der Waals surface area contributed by atoms with Crippen molar-refractivity contribution < 1.29 is 14.3 Å². The summed E-state index contributed by atoms with van der Waals surface area (Å²) in [4.78, 5) is 24.5. The van der Waals surface area contributed by atoms with Crippen LogP contribution in [0.3, 0.4) is 0 Å². The Morgan fingerprint density at radius 3 is 2.27 bits per heavy atom. The van der Waals surface area contributed by atoms with E-state index < -0.39 is 5.91 Å². The quantitative estimate of drug-likeness (QED) is 0.416. The van der Waals surface area contributed by atoms with Crippen LogP contribution in [0.2, 0.25) is 10.0 Å². The highest BCUT2D eigenvalue weighted by atomic mass is 35.5. The average molecular weight is 442 g/mol. The van der Waals surface area contributed by atoms with Crippen LogP contribution in [0, 0.1) is 0 Å². The molecule has 0 bridgehead atoms. The van der Waals surface area contributed by atoms with Crippen LogP contribution in [-0.4, -0.2) is 25.1 Å². The number of nitrogens with zero attached hydrogens (tertiary/aromatic N) is 1. The number of benzene rings is 3. The molecular weight excluding hydrogens is 425 g/mol. The number of anilines is 1. The summed E-state index contributed by atoms with van der Waals surface area (Å²) in [6, 6.07) is 18.5. The molecule has 0 radical (unpaired) electrons. The first-order valence-electron chi connectivity index (χ1n) is 8.81. The van der Waals surface area contributed by atoms with Crippen LogP contribution in [0.25, 0.3) is 0 Å². The number of methoxy groups -OCH3 is 1. The van der Waals surface area contributed by atoms with Gasteiger partial charge in [0.25, 0.3) is 11.8 Å². The fraction of sp³-hybridized carbons (Fsp3) is 0.0455. The summed E-state index contributed by atoms with van der Waals surface area (Å²) in [6.07, 6.45) is 1.39. The lowest BCUT2D eigenvalue weighted by molar-refractivity contribution is 0.0954. The first-order valence-corrected chi connectivity index (χ1v) is 9.56. The van der Waals surface area contributed by atoms with Gasteiger partial charge in [-0.05, 0) is 48.5 Å². The van der Waals surface area contributed by atoms with Gasteiger partial charge in [0.2, 0.25) is 0 Å². The topological polar surface area (TPSA) is 79.8 Å². The fourth-order valence-electron chi connectivity index (χ4n) is 2.61. The van der Waals surface area contributed by atoms with E-state index in [0.29, 0.717) is 38.2 Å². The normalized spacial score (nSPS) is 10.6. The number of hydrazone groups is 1. The SMILES string of the molecule is COc1c(Cl)cc(Cl)cc1/C=N\NC(=O)c1ccc(NC(=O)c2ccccc2)cc1. The van der Waals surface area contributed by atoms with Crippen molar-refractivity contribution in [1.82, 2.24) is 5.43 Å². The molecule has 3 aromatic carbocycles. The average Bonchev–Trinajstić information content (AvgIpc) is 2.74. The predicted molar refractivity (Wildman–Crippen MR) is 119 cm³/mol. The molecule has 2 N–H and O–H groups in total. The van der Waals surface area contributed by atoms with Gasteiger partial charge in [-0.25, -0.2) is 5.43 Å². The predicted octanol–water partition coefficient (Wildman–Crippen LogP) is 5.02. The van der Waals surface area contributed by atoms with Crippen molar-refractivity contribution in [3.8, 4) is 5.75 Å². The third-order valence-electron chi connectivity index (χ3n) is 4.05. The van der Waals surface area contributed by atoms with Gasteiger partial charge in [-0.1, -0.05) is 41.4 Å². The van der Waals surface area contributed by atoms with E-state index in [4.69, 9.17) is 27.9 Å². The standard InChI is InChI=1S/C22H17Cl2N3O3/c1-30-20-16(11-17(23)12-19(20)24)13-25-27-22(29)15-7-9-18(10-8-15)26-21(28)14-5-3-2-4-6-14/h2-13H,1H3,(H,26,28)(H,27,29)/b25-13-. The van der Waals surface area contributed by atoms with E-state index in [0.717, 1.165) is 0 Å². The lowest BCUT2D eigenvalue weighted by Crippen LogP contribution is -2.18. The monoisotopic (exact) mass is 441 g/mol. The Hall–Kier alpha value is -3.35. The number of halogens is 2. The van der Waals surface area contributed by atoms with Crippen LogP contribution in [0.5, 0.6) is 5.75 Å². The second kappa shape index (κ2) is 9.91.